The van der Waals surface area contributed by atoms with Crippen molar-refractivity contribution in [3.8, 4) is 10.6 Å². The second kappa shape index (κ2) is 6.63. The lowest BCUT2D eigenvalue weighted by molar-refractivity contribution is -0.143. The van der Waals surface area contributed by atoms with Crippen LogP contribution >= 0.6 is 11.3 Å². The summed E-state index contributed by atoms with van der Waals surface area (Å²) in [6.07, 6.45) is 0.243. The third kappa shape index (κ3) is 4.23. The van der Waals surface area contributed by atoms with Crippen LogP contribution in [0.25, 0.3) is 10.6 Å². The molecule has 1 heterocycles. The number of rotatable bonds is 6. The Balaban J connectivity index is 2.03. The molecule has 0 aliphatic carbocycles. The van der Waals surface area contributed by atoms with Crippen LogP contribution in [0.2, 0.25) is 0 Å². The summed E-state index contributed by atoms with van der Waals surface area (Å²) >= 11 is 1.50. The molecule has 0 saturated heterocycles. The van der Waals surface area contributed by atoms with Gasteiger partial charge in [0.15, 0.2) is 0 Å². The maximum absolute atomic E-state index is 11.8. The highest BCUT2D eigenvalue weighted by Crippen LogP contribution is 2.24. The number of benzene rings is 1. The van der Waals surface area contributed by atoms with Gasteiger partial charge in [-0.1, -0.05) is 30.7 Å². The average molecular weight is 303 g/mol. The zero-order chi connectivity index (χ0) is 15.4. The minimum Gasteiger partial charge on any atom is -0.481 e. The Morgan fingerprint density at radius 1 is 1.38 bits per heavy atom. The van der Waals surface area contributed by atoms with E-state index in [4.69, 9.17) is 5.11 Å². The van der Waals surface area contributed by atoms with Crippen LogP contribution < -0.4 is 0 Å². The van der Waals surface area contributed by atoms with Crippen LogP contribution in [-0.2, 0) is 16.0 Å². The van der Waals surface area contributed by atoms with Crippen molar-refractivity contribution in [2.75, 3.05) is 0 Å². The molecule has 1 N–H and O–H groups in total. The molecule has 21 heavy (non-hydrogen) atoms. The van der Waals surface area contributed by atoms with E-state index < -0.39 is 11.9 Å². The molecular weight excluding hydrogens is 286 g/mol. The molecule has 1 atom stereocenters. The van der Waals surface area contributed by atoms with Gasteiger partial charge in [0.25, 0.3) is 0 Å². The number of aromatic nitrogens is 1. The average Bonchev–Trinajstić information content (AvgIpc) is 2.86. The number of aliphatic carboxylic acids is 1. The summed E-state index contributed by atoms with van der Waals surface area (Å²) in [5.74, 6) is -1.68. The fraction of sp³-hybridized carbons (Fsp3) is 0.312. The van der Waals surface area contributed by atoms with Crippen LogP contribution in [0.1, 0.15) is 24.6 Å². The number of hydrogen-bond acceptors (Lipinski definition) is 4. The lowest BCUT2D eigenvalue weighted by atomic mass is 10.0. The zero-order valence-electron chi connectivity index (χ0n) is 12.0. The van der Waals surface area contributed by atoms with Crippen molar-refractivity contribution >= 4 is 23.1 Å². The van der Waals surface area contributed by atoms with Gasteiger partial charge in [-0.25, -0.2) is 4.98 Å². The first-order valence-electron chi connectivity index (χ1n) is 6.71. The van der Waals surface area contributed by atoms with Crippen molar-refractivity contribution in [2.45, 2.75) is 26.7 Å². The van der Waals surface area contributed by atoms with Crippen LogP contribution in [0.15, 0.2) is 29.6 Å². The van der Waals surface area contributed by atoms with Gasteiger partial charge in [-0.05, 0) is 13.0 Å². The van der Waals surface area contributed by atoms with Gasteiger partial charge in [0.1, 0.15) is 10.8 Å². The Bertz CT molecular complexity index is 663. The van der Waals surface area contributed by atoms with Crippen LogP contribution in [0.3, 0.4) is 0 Å². The Kier molecular flexibility index (Phi) is 4.85. The van der Waals surface area contributed by atoms with E-state index in [1.54, 1.807) is 6.92 Å². The number of ketones is 1. The maximum Gasteiger partial charge on any atom is 0.306 e. The Hall–Kier alpha value is -2.01. The minimum atomic E-state index is -0.943. The van der Waals surface area contributed by atoms with E-state index in [9.17, 15) is 9.59 Å². The van der Waals surface area contributed by atoms with E-state index >= 15 is 0 Å². The van der Waals surface area contributed by atoms with Crippen LogP contribution in [0, 0.1) is 12.8 Å². The number of hydrogen-bond donors (Lipinski definition) is 1. The van der Waals surface area contributed by atoms with Crippen molar-refractivity contribution in [2.24, 2.45) is 5.92 Å². The molecule has 2 aromatic rings. The van der Waals surface area contributed by atoms with Gasteiger partial charge < -0.3 is 5.11 Å². The molecule has 110 valence electrons. The highest BCUT2D eigenvalue weighted by molar-refractivity contribution is 7.13. The fourth-order valence-corrected chi connectivity index (χ4v) is 2.82. The normalized spacial score (nSPS) is 12.1. The summed E-state index contributed by atoms with van der Waals surface area (Å²) in [7, 11) is 0. The second-order valence-corrected chi connectivity index (χ2v) is 6.03. The zero-order valence-corrected chi connectivity index (χ0v) is 12.8. The molecule has 0 bridgehead atoms. The molecule has 0 aliphatic rings. The third-order valence-corrected chi connectivity index (χ3v) is 4.09. The standard InChI is InChI=1S/C16H17NO3S/c1-10-4-3-5-12(6-10)15-17-13(9-21-15)8-14(18)7-11(2)16(19)20/h3-6,9,11H,7-8H2,1-2H3,(H,19,20)/t11-/m1/s1. The van der Waals surface area contributed by atoms with Gasteiger partial charge in [0, 0.05) is 23.8 Å². The lowest BCUT2D eigenvalue weighted by Crippen LogP contribution is -2.16. The molecule has 0 saturated carbocycles. The van der Waals surface area contributed by atoms with E-state index in [2.05, 4.69) is 11.1 Å². The topological polar surface area (TPSA) is 67.3 Å². The fourth-order valence-electron chi connectivity index (χ4n) is 2.00. The van der Waals surface area contributed by atoms with Gasteiger partial charge in [0.2, 0.25) is 0 Å². The summed E-state index contributed by atoms with van der Waals surface area (Å²) in [5, 5.41) is 11.6. The molecule has 0 aliphatic heterocycles. The van der Waals surface area contributed by atoms with Gasteiger partial charge in [0.05, 0.1) is 11.6 Å². The number of Topliss-reactive ketones (excluding diaryl/α,β-unsaturated/α-hetero) is 1. The molecule has 0 fully saturated rings. The molecule has 4 nitrogen and oxygen atoms in total. The summed E-state index contributed by atoms with van der Waals surface area (Å²) in [6.45, 7) is 3.56. The van der Waals surface area contributed by atoms with Crippen LogP contribution in [-0.4, -0.2) is 21.8 Å². The van der Waals surface area contributed by atoms with Gasteiger partial charge in [-0.3, -0.25) is 9.59 Å². The smallest absolute Gasteiger partial charge is 0.306 e. The van der Waals surface area contributed by atoms with Crippen molar-refractivity contribution in [3.63, 3.8) is 0 Å². The Morgan fingerprint density at radius 3 is 2.81 bits per heavy atom. The van der Waals surface area contributed by atoms with Crippen molar-refractivity contribution in [1.82, 2.24) is 4.98 Å². The monoisotopic (exact) mass is 303 g/mol. The summed E-state index contributed by atoms with van der Waals surface area (Å²) in [6, 6.07) is 8.04. The molecule has 2 rings (SSSR count). The minimum absolute atomic E-state index is 0.0483. The first kappa shape index (κ1) is 15.4. The lowest BCUT2D eigenvalue weighted by Gasteiger charge is -2.03. The number of aryl methyl sites for hydroxylation is 1. The molecule has 5 heteroatoms. The molecule has 0 radical (unpaired) electrons. The Morgan fingerprint density at radius 2 is 2.14 bits per heavy atom. The molecule has 0 amide bonds. The SMILES string of the molecule is Cc1cccc(-c2nc(CC(=O)C[C@@H](C)C(=O)O)cs2)c1. The number of carboxylic acid groups (broad SMARTS) is 1. The van der Waals surface area contributed by atoms with Gasteiger partial charge in [-0.15, -0.1) is 11.3 Å². The third-order valence-electron chi connectivity index (χ3n) is 3.15. The number of thiazole rings is 1. The maximum atomic E-state index is 11.8. The van der Waals surface area contributed by atoms with E-state index in [0.717, 1.165) is 16.1 Å². The number of nitrogens with zero attached hydrogens (tertiary/aromatic N) is 1. The molecule has 0 unspecified atom stereocenters. The van der Waals surface area contributed by atoms with E-state index in [0.29, 0.717) is 5.69 Å². The predicted molar refractivity (Wildman–Crippen MR) is 82.4 cm³/mol. The summed E-state index contributed by atoms with van der Waals surface area (Å²) < 4.78 is 0. The van der Waals surface area contributed by atoms with Gasteiger partial charge >= 0.3 is 5.97 Å². The Labute approximate surface area is 127 Å². The molecule has 0 spiro atoms. The summed E-state index contributed by atoms with van der Waals surface area (Å²) in [5.41, 5.74) is 2.91. The largest absolute Gasteiger partial charge is 0.481 e. The van der Waals surface area contributed by atoms with Crippen molar-refractivity contribution in [1.29, 1.82) is 0 Å². The number of carboxylic acids is 1. The molecule has 1 aromatic heterocycles. The second-order valence-electron chi connectivity index (χ2n) is 5.17. The van der Waals surface area contributed by atoms with E-state index in [-0.39, 0.29) is 18.6 Å². The first-order chi connectivity index (χ1) is 9.95. The van der Waals surface area contributed by atoms with E-state index in [1.165, 1.54) is 11.3 Å². The highest BCUT2D eigenvalue weighted by atomic mass is 32.1. The van der Waals surface area contributed by atoms with Crippen LogP contribution in [0.5, 0.6) is 0 Å². The van der Waals surface area contributed by atoms with Crippen molar-refractivity contribution in [3.05, 3.63) is 40.9 Å². The van der Waals surface area contributed by atoms with Gasteiger partial charge in [-0.2, -0.15) is 0 Å². The number of carbonyl (C=O) groups is 2. The first-order valence-corrected chi connectivity index (χ1v) is 7.59. The highest BCUT2D eigenvalue weighted by Gasteiger charge is 2.17. The van der Waals surface area contributed by atoms with Crippen molar-refractivity contribution < 1.29 is 14.7 Å². The predicted octanol–water partition coefficient (Wildman–Crippen LogP) is 3.34. The molecule has 1 aromatic carbocycles. The number of carbonyl (C=O) groups excluding carboxylic acids is 1. The quantitative estimate of drug-likeness (QED) is 0.888. The summed E-state index contributed by atoms with van der Waals surface area (Å²) in [4.78, 5) is 27.0. The van der Waals surface area contributed by atoms with Crippen LogP contribution in [0.4, 0.5) is 0 Å². The molecular formula is C16H17NO3S. The van der Waals surface area contributed by atoms with E-state index in [1.807, 2.05) is 30.5 Å².